The van der Waals surface area contributed by atoms with Gasteiger partial charge in [0.1, 0.15) is 0 Å². The average Bonchev–Trinajstić information content (AvgIpc) is 2.46. The Bertz CT molecular complexity index is 114. The lowest BCUT2D eigenvalue weighted by Gasteiger charge is -1.98. The molecule has 0 aromatic heterocycles. The molecule has 0 bridgehead atoms. The quantitative estimate of drug-likeness (QED) is 0.144. The molecule has 0 amide bonds. The van der Waals surface area contributed by atoms with Gasteiger partial charge in [0.05, 0.1) is 26.2 Å². The summed E-state index contributed by atoms with van der Waals surface area (Å²) in [4.78, 5) is 0. The van der Waals surface area contributed by atoms with E-state index in [0.717, 1.165) is 13.1 Å². The highest BCUT2D eigenvalue weighted by Crippen LogP contribution is 1.88. The summed E-state index contributed by atoms with van der Waals surface area (Å²) in [5.74, 6) is 0. The van der Waals surface area contributed by atoms with Crippen LogP contribution in [0, 0.1) is 0 Å². The van der Waals surface area contributed by atoms with Gasteiger partial charge in [-0.3, -0.25) is 0 Å². The number of rotatable bonds is 11. The summed E-state index contributed by atoms with van der Waals surface area (Å²) in [6.45, 7) is 13.7. The second-order valence-electron chi connectivity index (χ2n) is 5.34. The molecular weight excluding hydrogens is 627 g/mol. The zero-order valence-corrected chi connectivity index (χ0v) is 22.8. The van der Waals surface area contributed by atoms with E-state index in [9.17, 15) is 0 Å². The fraction of sp³-hybridized carbons (Fsp3) is 1.00. The second kappa shape index (κ2) is 49.6. The predicted octanol–water partition coefficient (Wildman–Crippen LogP) is -7.39. The van der Waals surface area contributed by atoms with Gasteiger partial charge in [-0.05, 0) is 32.1 Å². The van der Waals surface area contributed by atoms with Gasteiger partial charge in [0.25, 0.3) is 0 Å². The molecule has 0 unspecified atom stereocenters. The van der Waals surface area contributed by atoms with Crippen molar-refractivity contribution in [2.75, 3.05) is 26.2 Å². The first-order valence-corrected chi connectivity index (χ1v) is 9.14. The summed E-state index contributed by atoms with van der Waals surface area (Å²) in [5.41, 5.74) is 7.35. The molecule has 0 aliphatic rings. The van der Waals surface area contributed by atoms with E-state index in [4.69, 9.17) is 0 Å². The van der Waals surface area contributed by atoms with Crippen molar-refractivity contribution in [2.45, 2.75) is 85.5 Å². The van der Waals surface area contributed by atoms with Crippen molar-refractivity contribution in [1.29, 1.82) is 0 Å². The summed E-state index contributed by atoms with van der Waals surface area (Å²) >= 11 is 0. The van der Waals surface area contributed by atoms with Gasteiger partial charge in [-0.15, -0.1) is 0 Å². The van der Waals surface area contributed by atoms with Crippen molar-refractivity contribution < 1.29 is 88.7 Å². The van der Waals surface area contributed by atoms with Crippen LogP contribution in [0.1, 0.15) is 85.5 Å². The van der Waals surface area contributed by atoms with Gasteiger partial charge in [-0.25, -0.2) is 0 Å². The van der Waals surface area contributed by atoms with Crippen LogP contribution in [0.4, 0.5) is 0 Å². The number of hydrogen-bond donors (Lipinski definition) is 3. The van der Waals surface area contributed by atoms with Crippen molar-refractivity contribution in [3.8, 4) is 0 Å². The minimum atomic E-state index is 0. The van der Waals surface area contributed by atoms with Crippen LogP contribution in [-0.4, -0.2) is 26.2 Å². The van der Waals surface area contributed by atoms with Crippen LogP contribution < -0.4 is 88.7 Å². The number of halogens is 3. The van der Waals surface area contributed by atoms with Gasteiger partial charge in [0, 0.05) is 0 Å². The Morgan fingerprint density at radius 1 is 0.522 bits per heavy atom. The summed E-state index contributed by atoms with van der Waals surface area (Å²) in [5, 5.41) is 2.44. The van der Waals surface area contributed by atoms with Gasteiger partial charge < -0.3 is 88.7 Å². The van der Waals surface area contributed by atoms with Crippen LogP contribution in [0.25, 0.3) is 0 Å². The zero-order valence-electron chi connectivity index (χ0n) is 16.3. The summed E-state index contributed by atoms with van der Waals surface area (Å²) in [6.07, 6.45) is 12.0. The zero-order chi connectivity index (χ0) is 15.9. The maximum absolute atomic E-state index is 3.68. The fourth-order valence-corrected chi connectivity index (χ4v) is 1.53. The molecule has 0 aromatic carbocycles. The monoisotopic (exact) mass is 673 g/mol. The van der Waals surface area contributed by atoms with E-state index in [1.165, 1.54) is 70.9 Å². The minimum absolute atomic E-state index is 0. The third-order valence-electron chi connectivity index (χ3n) is 2.98. The molecule has 0 atom stereocenters. The Kier molecular flexibility index (Phi) is 86.1. The lowest BCUT2D eigenvalue weighted by molar-refractivity contribution is -0.655. The highest BCUT2D eigenvalue weighted by atomic mass is 127. The first kappa shape index (κ1) is 39.9. The van der Waals surface area contributed by atoms with Crippen LogP contribution in [-0.2, 0) is 0 Å². The van der Waals surface area contributed by atoms with E-state index in [1.807, 2.05) is 0 Å². The number of hydrogen-bond acceptors (Lipinski definition) is 0. The molecule has 0 saturated carbocycles. The lowest BCUT2D eigenvalue weighted by Crippen LogP contribution is -3.00. The first-order chi connectivity index (χ1) is 9.74. The molecular formula is C17H46I3N3. The standard InChI is InChI=1S/C9H21N.2C4H11N.3HI/c1-3-5-7-9-10-8-6-4-2;2*1-2-3-4-5;;;/h10H,3-9H2,1-2H3;2*2-5H2,1H3;3*1H. The molecule has 3 nitrogen and oxygen atoms in total. The van der Waals surface area contributed by atoms with Crippen molar-refractivity contribution in [3.05, 3.63) is 0 Å². The van der Waals surface area contributed by atoms with Gasteiger partial charge >= 0.3 is 0 Å². The van der Waals surface area contributed by atoms with Crippen molar-refractivity contribution >= 4 is 0 Å². The highest BCUT2D eigenvalue weighted by molar-refractivity contribution is 4.33. The number of nitrogens with two attached hydrogens (primary N) is 1. The molecule has 150 valence electrons. The van der Waals surface area contributed by atoms with Gasteiger partial charge in [0.2, 0.25) is 0 Å². The van der Waals surface area contributed by atoms with E-state index in [0.29, 0.717) is 0 Å². The molecule has 0 fully saturated rings. The van der Waals surface area contributed by atoms with Gasteiger partial charge in [0.15, 0.2) is 0 Å². The maximum Gasteiger partial charge on any atom is 0.0755 e. The van der Waals surface area contributed by atoms with Crippen LogP contribution in [0.3, 0.4) is 0 Å². The van der Waals surface area contributed by atoms with E-state index in [1.54, 1.807) is 0 Å². The molecule has 6 heteroatoms. The van der Waals surface area contributed by atoms with Gasteiger partial charge in [-0.2, -0.15) is 0 Å². The van der Waals surface area contributed by atoms with Crippen LogP contribution in [0.5, 0.6) is 0 Å². The van der Waals surface area contributed by atoms with Gasteiger partial charge in [-0.1, -0.05) is 53.4 Å². The van der Waals surface area contributed by atoms with Crippen LogP contribution in [0.15, 0.2) is 0 Å². The van der Waals surface area contributed by atoms with E-state index >= 15 is 0 Å². The second-order valence-corrected chi connectivity index (χ2v) is 5.34. The SMILES string of the molecule is CCCCC[NH2+]CCCC.CCCC[NH3+].CCCC[NH3+].[I-].[I-].[I-]. The average molecular weight is 673 g/mol. The van der Waals surface area contributed by atoms with Crippen molar-refractivity contribution in [3.63, 3.8) is 0 Å². The maximum atomic E-state index is 3.68. The summed E-state index contributed by atoms with van der Waals surface area (Å²) < 4.78 is 0. The third-order valence-corrected chi connectivity index (χ3v) is 2.98. The normalized spacial score (nSPS) is 8.09. The highest BCUT2D eigenvalue weighted by Gasteiger charge is 1.88. The molecule has 0 heterocycles. The Labute approximate surface area is 198 Å². The van der Waals surface area contributed by atoms with E-state index < -0.39 is 0 Å². The summed E-state index contributed by atoms with van der Waals surface area (Å²) in [6, 6.07) is 0. The molecule has 0 aromatic rings. The molecule has 0 rings (SSSR count). The third kappa shape index (κ3) is 68.6. The Hall–Kier alpha value is 2.07. The van der Waals surface area contributed by atoms with Crippen molar-refractivity contribution in [1.82, 2.24) is 0 Å². The molecule has 0 radical (unpaired) electrons. The number of unbranched alkanes of at least 4 members (excludes halogenated alkanes) is 5. The smallest absolute Gasteiger partial charge is 0.0755 e. The van der Waals surface area contributed by atoms with E-state index in [2.05, 4.69) is 44.5 Å². The first-order valence-electron chi connectivity index (χ1n) is 9.14. The van der Waals surface area contributed by atoms with Crippen LogP contribution in [0.2, 0.25) is 0 Å². The Balaban J connectivity index is -0.0000000483. The largest absolute Gasteiger partial charge is 1.00 e. The Morgan fingerprint density at radius 2 is 0.870 bits per heavy atom. The molecule has 8 N–H and O–H groups in total. The minimum Gasteiger partial charge on any atom is -1.00 e. The number of quaternary nitrogens is 3. The predicted molar refractivity (Wildman–Crippen MR) is 91.4 cm³/mol. The van der Waals surface area contributed by atoms with Crippen molar-refractivity contribution in [2.24, 2.45) is 0 Å². The van der Waals surface area contributed by atoms with E-state index in [-0.39, 0.29) is 71.9 Å². The Morgan fingerprint density at radius 3 is 1.13 bits per heavy atom. The van der Waals surface area contributed by atoms with Crippen LogP contribution >= 0.6 is 0 Å². The lowest BCUT2D eigenvalue weighted by atomic mass is 10.2. The fourth-order valence-electron chi connectivity index (χ4n) is 1.53. The summed E-state index contributed by atoms with van der Waals surface area (Å²) in [7, 11) is 0. The molecule has 0 aliphatic carbocycles. The molecule has 0 spiro atoms. The topological polar surface area (TPSA) is 71.9 Å². The molecule has 0 saturated heterocycles. The molecule has 0 aliphatic heterocycles. The molecule has 23 heavy (non-hydrogen) atoms.